The van der Waals surface area contributed by atoms with Crippen LogP contribution in [0.4, 0.5) is 5.69 Å². The molecule has 0 saturated carbocycles. The second-order valence-corrected chi connectivity index (χ2v) is 5.05. The van der Waals surface area contributed by atoms with Gasteiger partial charge in [0.25, 0.3) is 5.91 Å². The van der Waals surface area contributed by atoms with Gasteiger partial charge in [-0.1, -0.05) is 18.7 Å². The zero-order chi connectivity index (χ0) is 16.8. The molecule has 2 rings (SSSR count). The van der Waals surface area contributed by atoms with Gasteiger partial charge < -0.3 is 4.90 Å². The molecular weight excluding hydrogens is 290 g/mol. The molecule has 0 unspecified atom stereocenters. The Bertz CT molecular complexity index is 739. The minimum Gasteiger partial charge on any atom is -0.303 e. The Balaban J connectivity index is 2.29. The number of rotatable bonds is 6. The van der Waals surface area contributed by atoms with E-state index in [1.54, 1.807) is 9.70 Å². The molecule has 118 valence electrons. The highest BCUT2D eigenvalue weighted by Crippen LogP contribution is 2.19. The van der Waals surface area contributed by atoms with Crippen molar-refractivity contribution in [3.05, 3.63) is 53.9 Å². The zero-order valence-electron chi connectivity index (χ0n) is 13.4. The van der Waals surface area contributed by atoms with Crippen LogP contribution in [0.25, 0.3) is 0 Å². The van der Waals surface area contributed by atoms with Crippen LogP contribution in [-0.4, -0.2) is 20.9 Å². The summed E-state index contributed by atoms with van der Waals surface area (Å²) in [7, 11) is 0. The van der Waals surface area contributed by atoms with Crippen LogP contribution in [0.2, 0.25) is 0 Å². The number of aryl methyl sites for hydroxylation is 2. The molecule has 1 amide bonds. The smallest absolute Gasteiger partial charge is 0.250 e. The van der Waals surface area contributed by atoms with E-state index in [1.807, 2.05) is 38.1 Å². The summed E-state index contributed by atoms with van der Waals surface area (Å²) >= 11 is 0. The Labute approximate surface area is 135 Å². The number of aromatic nitrogens is 3. The standard InChI is InChI=1S/C17H19N5O/c1-4-17(23)21(12-16-13(3)19-22(5-2)20-16)15-8-6-14(7-9-15)10-11-18/h4,6-9H,1,5,10,12H2,2-3H3. The summed E-state index contributed by atoms with van der Waals surface area (Å²) in [6.45, 7) is 8.41. The van der Waals surface area contributed by atoms with Gasteiger partial charge in [-0.05, 0) is 37.6 Å². The fraction of sp³-hybridized carbons (Fsp3) is 0.294. The first-order chi connectivity index (χ1) is 11.1. The highest BCUT2D eigenvalue weighted by molar-refractivity contribution is 6.00. The van der Waals surface area contributed by atoms with Crippen molar-refractivity contribution in [2.45, 2.75) is 33.4 Å². The Morgan fingerprint density at radius 1 is 1.39 bits per heavy atom. The highest BCUT2D eigenvalue weighted by atomic mass is 16.2. The van der Waals surface area contributed by atoms with Gasteiger partial charge >= 0.3 is 0 Å². The number of nitriles is 1. The monoisotopic (exact) mass is 309 g/mol. The lowest BCUT2D eigenvalue weighted by Crippen LogP contribution is -2.29. The molecule has 0 aliphatic rings. The van der Waals surface area contributed by atoms with E-state index in [0.717, 1.165) is 22.6 Å². The van der Waals surface area contributed by atoms with E-state index in [-0.39, 0.29) is 5.91 Å². The summed E-state index contributed by atoms with van der Waals surface area (Å²) in [5.41, 5.74) is 3.20. The van der Waals surface area contributed by atoms with E-state index < -0.39 is 0 Å². The van der Waals surface area contributed by atoms with Gasteiger partial charge in [-0.15, -0.1) is 0 Å². The Morgan fingerprint density at radius 2 is 2.09 bits per heavy atom. The van der Waals surface area contributed by atoms with Crippen LogP contribution in [0.15, 0.2) is 36.9 Å². The third-order valence-corrected chi connectivity index (χ3v) is 3.48. The minimum absolute atomic E-state index is 0.205. The molecular formula is C17H19N5O. The lowest BCUT2D eigenvalue weighted by atomic mass is 10.1. The zero-order valence-corrected chi connectivity index (χ0v) is 13.4. The number of anilines is 1. The average molecular weight is 309 g/mol. The molecule has 6 nitrogen and oxygen atoms in total. The van der Waals surface area contributed by atoms with E-state index in [2.05, 4.69) is 22.8 Å². The average Bonchev–Trinajstić information content (AvgIpc) is 2.93. The van der Waals surface area contributed by atoms with Crippen molar-refractivity contribution in [1.29, 1.82) is 5.26 Å². The lowest BCUT2D eigenvalue weighted by Gasteiger charge is -2.20. The van der Waals surface area contributed by atoms with Crippen LogP contribution < -0.4 is 4.90 Å². The van der Waals surface area contributed by atoms with Crippen molar-refractivity contribution in [2.75, 3.05) is 4.90 Å². The first-order valence-corrected chi connectivity index (χ1v) is 7.39. The summed E-state index contributed by atoms with van der Waals surface area (Å²) in [5.74, 6) is -0.205. The largest absolute Gasteiger partial charge is 0.303 e. The van der Waals surface area contributed by atoms with Crippen LogP contribution in [0.3, 0.4) is 0 Å². The molecule has 0 radical (unpaired) electrons. The molecule has 0 atom stereocenters. The van der Waals surface area contributed by atoms with E-state index in [0.29, 0.717) is 19.5 Å². The fourth-order valence-electron chi connectivity index (χ4n) is 2.19. The van der Waals surface area contributed by atoms with Crippen LogP contribution in [0.5, 0.6) is 0 Å². The van der Waals surface area contributed by atoms with Gasteiger partial charge in [-0.3, -0.25) is 4.79 Å². The summed E-state index contributed by atoms with van der Waals surface area (Å²) in [6, 6.07) is 9.45. The minimum atomic E-state index is -0.205. The number of carbonyl (C=O) groups excluding carboxylic acids is 1. The Kier molecular flexibility index (Phi) is 5.26. The summed E-state index contributed by atoms with van der Waals surface area (Å²) < 4.78 is 0. The van der Waals surface area contributed by atoms with Crippen LogP contribution in [0, 0.1) is 18.3 Å². The van der Waals surface area contributed by atoms with Gasteiger partial charge in [0, 0.05) is 5.69 Å². The molecule has 0 bridgehead atoms. The summed E-state index contributed by atoms with van der Waals surface area (Å²) in [5, 5.41) is 17.4. The molecule has 6 heteroatoms. The van der Waals surface area contributed by atoms with Crippen LogP contribution in [0.1, 0.15) is 23.9 Å². The maximum absolute atomic E-state index is 12.2. The van der Waals surface area contributed by atoms with Crippen molar-refractivity contribution in [1.82, 2.24) is 15.0 Å². The van der Waals surface area contributed by atoms with Crippen molar-refractivity contribution in [2.24, 2.45) is 0 Å². The van der Waals surface area contributed by atoms with Crippen molar-refractivity contribution < 1.29 is 4.79 Å². The Morgan fingerprint density at radius 3 is 2.61 bits per heavy atom. The van der Waals surface area contributed by atoms with Crippen molar-refractivity contribution in [3.8, 4) is 6.07 Å². The fourth-order valence-corrected chi connectivity index (χ4v) is 2.19. The topological polar surface area (TPSA) is 74.8 Å². The molecule has 1 aromatic carbocycles. The number of benzene rings is 1. The third kappa shape index (κ3) is 3.83. The summed E-state index contributed by atoms with van der Waals surface area (Å²) in [4.78, 5) is 15.4. The van der Waals surface area contributed by atoms with Crippen molar-refractivity contribution >= 4 is 11.6 Å². The van der Waals surface area contributed by atoms with Gasteiger partial charge in [0.15, 0.2) is 0 Å². The van der Waals surface area contributed by atoms with Crippen LogP contribution >= 0.6 is 0 Å². The predicted molar refractivity (Wildman–Crippen MR) is 87.6 cm³/mol. The Hall–Kier alpha value is -2.94. The summed E-state index contributed by atoms with van der Waals surface area (Å²) in [6.07, 6.45) is 1.63. The maximum Gasteiger partial charge on any atom is 0.250 e. The molecule has 0 saturated heterocycles. The first-order valence-electron chi connectivity index (χ1n) is 7.39. The molecule has 1 aromatic heterocycles. The second kappa shape index (κ2) is 7.36. The first kappa shape index (κ1) is 16.4. The van der Waals surface area contributed by atoms with E-state index in [4.69, 9.17) is 5.26 Å². The van der Waals surface area contributed by atoms with Gasteiger partial charge in [0.05, 0.1) is 31.3 Å². The van der Waals surface area contributed by atoms with E-state index >= 15 is 0 Å². The second-order valence-electron chi connectivity index (χ2n) is 5.05. The SMILES string of the molecule is C=CC(=O)N(Cc1nn(CC)nc1C)c1ccc(CC#N)cc1. The van der Waals surface area contributed by atoms with E-state index in [1.165, 1.54) is 6.08 Å². The molecule has 23 heavy (non-hydrogen) atoms. The van der Waals surface area contributed by atoms with Crippen LogP contribution in [-0.2, 0) is 24.3 Å². The number of amides is 1. The van der Waals surface area contributed by atoms with Crippen molar-refractivity contribution in [3.63, 3.8) is 0 Å². The highest BCUT2D eigenvalue weighted by Gasteiger charge is 2.17. The molecule has 0 N–H and O–H groups in total. The maximum atomic E-state index is 12.2. The predicted octanol–water partition coefficient (Wildman–Crippen LogP) is 2.39. The molecule has 0 spiro atoms. The molecule has 0 aliphatic carbocycles. The van der Waals surface area contributed by atoms with Gasteiger partial charge in [-0.25, -0.2) is 0 Å². The van der Waals surface area contributed by atoms with Gasteiger partial charge in [0.2, 0.25) is 0 Å². The third-order valence-electron chi connectivity index (χ3n) is 3.48. The van der Waals surface area contributed by atoms with Gasteiger partial charge in [0.1, 0.15) is 5.69 Å². The van der Waals surface area contributed by atoms with Gasteiger partial charge in [-0.2, -0.15) is 20.3 Å². The molecule has 0 aliphatic heterocycles. The number of nitrogens with zero attached hydrogens (tertiary/aromatic N) is 5. The normalized spacial score (nSPS) is 10.1. The lowest BCUT2D eigenvalue weighted by molar-refractivity contribution is -0.114. The number of carbonyl (C=O) groups is 1. The number of hydrogen-bond donors (Lipinski definition) is 0. The quantitative estimate of drug-likeness (QED) is 0.768. The molecule has 1 heterocycles. The number of hydrogen-bond acceptors (Lipinski definition) is 4. The molecule has 2 aromatic rings. The van der Waals surface area contributed by atoms with E-state index in [9.17, 15) is 4.79 Å². The molecule has 0 fully saturated rings.